The Labute approximate surface area is 87.4 Å². The van der Waals surface area contributed by atoms with Crippen LogP contribution in [0, 0.1) is 11.8 Å². The highest BCUT2D eigenvalue weighted by Gasteiger charge is 2.22. The van der Waals surface area contributed by atoms with Crippen LogP contribution in [-0.4, -0.2) is 25.8 Å². The van der Waals surface area contributed by atoms with Gasteiger partial charge in [-0.25, -0.2) is 0 Å². The van der Waals surface area contributed by atoms with Gasteiger partial charge in [0, 0.05) is 19.2 Å². The maximum Gasteiger partial charge on any atom is 0.0507 e. The molecule has 0 aromatic carbocycles. The first-order valence-electron chi connectivity index (χ1n) is 6.17. The van der Waals surface area contributed by atoms with E-state index in [1.165, 1.54) is 38.6 Å². The quantitative estimate of drug-likeness (QED) is 0.749. The van der Waals surface area contributed by atoms with Crippen molar-refractivity contribution in [1.29, 1.82) is 0 Å². The molecule has 2 aliphatic rings. The van der Waals surface area contributed by atoms with E-state index in [4.69, 9.17) is 4.74 Å². The first-order chi connectivity index (χ1) is 6.86. The van der Waals surface area contributed by atoms with Gasteiger partial charge in [0.05, 0.1) is 6.61 Å². The SMILES string of the molecule is CC1CCCCC1NCC1CCOC1. The zero-order valence-corrected chi connectivity index (χ0v) is 9.30. The summed E-state index contributed by atoms with van der Waals surface area (Å²) >= 11 is 0. The topological polar surface area (TPSA) is 21.3 Å². The fraction of sp³-hybridized carbons (Fsp3) is 1.00. The summed E-state index contributed by atoms with van der Waals surface area (Å²) in [5.41, 5.74) is 0. The molecule has 82 valence electrons. The molecule has 0 aromatic heterocycles. The lowest BCUT2D eigenvalue weighted by Crippen LogP contribution is -2.39. The Hall–Kier alpha value is -0.0800. The minimum atomic E-state index is 0.782. The number of hydrogen-bond donors (Lipinski definition) is 1. The highest BCUT2D eigenvalue weighted by Crippen LogP contribution is 2.24. The Morgan fingerprint density at radius 3 is 2.79 bits per heavy atom. The van der Waals surface area contributed by atoms with Crippen molar-refractivity contribution in [2.45, 2.75) is 45.1 Å². The third-order valence-electron chi connectivity index (χ3n) is 3.80. The molecular formula is C12H23NO. The number of rotatable bonds is 3. The van der Waals surface area contributed by atoms with E-state index in [9.17, 15) is 0 Å². The molecule has 0 amide bonds. The highest BCUT2D eigenvalue weighted by atomic mass is 16.5. The van der Waals surface area contributed by atoms with Crippen LogP contribution >= 0.6 is 0 Å². The third-order valence-corrected chi connectivity index (χ3v) is 3.80. The largest absolute Gasteiger partial charge is 0.381 e. The second kappa shape index (κ2) is 5.13. The van der Waals surface area contributed by atoms with E-state index in [0.717, 1.165) is 31.1 Å². The average molecular weight is 197 g/mol. The van der Waals surface area contributed by atoms with E-state index in [-0.39, 0.29) is 0 Å². The summed E-state index contributed by atoms with van der Waals surface area (Å²) in [6.07, 6.45) is 6.91. The fourth-order valence-electron chi connectivity index (χ4n) is 2.68. The molecule has 1 N–H and O–H groups in total. The van der Waals surface area contributed by atoms with Crippen molar-refractivity contribution in [3.8, 4) is 0 Å². The second-order valence-electron chi connectivity index (χ2n) is 5.01. The van der Waals surface area contributed by atoms with E-state index in [0.29, 0.717) is 0 Å². The molecule has 3 unspecified atom stereocenters. The molecule has 0 bridgehead atoms. The zero-order chi connectivity index (χ0) is 9.80. The van der Waals surface area contributed by atoms with Crippen molar-refractivity contribution in [1.82, 2.24) is 5.32 Å². The zero-order valence-electron chi connectivity index (χ0n) is 9.30. The molecule has 0 radical (unpaired) electrons. The Morgan fingerprint density at radius 1 is 1.21 bits per heavy atom. The minimum absolute atomic E-state index is 0.782. The van der Waals surface area contributed by atoms with Crippen molar-refractivity contribution >= 4 is 0 Å². The molecule has 2 rings (SSSR count). The fourth-order valence-corrected chi connectivity index (χ4v) is 2.68. The van der Waals surface area contributed by atoms with Crippen molar-refractivity contribution < 1.29 is 4.74 Å². The number of ether oxygens (including phenoxy) is 1. The van der Waals surface area contributed by atoms with E-state index in [1.807, 2.05) is 0 Å². The summed E-state index contributed by atoms with van der Waals surface area (Å²) in [6, 6.07) is 0.782. The standard InChI is InChI=1S/C12H23NO/c1-10-4-2-3-5-12(10)13-8-11-6-7-14-9-11/h10-13H,2-9H2,1H3. The molecule has 0 spiro atoms. The molecule has 1 saturated heterocycles. The Bertz CT molecular complexity index is 166. The molecule has 1 aliphatic heterocycles. The van der Waals surface area contributed by atoms with Crippen LogP contribution in [0.3, 0.4) is 0 Å². The molecule has 3 atom stereocenters. The summed E-state index contributed by atoms with van der Waals surface area (Å²) in [5, 5.41) is 3.73. The summed E-state index contributed by atoms with van der Waals surface area (Å²) in [5.74, 6) is 1.66. The van der Waals surface area contributed by atoms with E-state index in [1.54, 1.807) is 0 Å². The maximum atomic E-state index is 5.38. The van der Waals surface area contributed by atoms with Crippen molar-refractivity contribution in [2.75, 3.05) is 19.8 Å². The lowest BCUT2D eigenvalue weighted by Gasteiger charge is -2.30. The summed E-state index contributed by atoms with van der Waals surface area (Å²) in [7, 11) is 0. The molecule has 0 aromatic rings. The summed E-state index contributed by atoms with van der Waals surface area (Å²) in [4.78, 5) is 0. The van der Waals surface area contributed by atoms with E-state index in [2.05, 4.69) is 12.2 Å². The first kappa shape index (κ1) is 10.4. The normalized spacial score (nSPS) is 38.8. The monoisotopic (exact) mass is 197 g/mol. The van der Waals surface area contributed by atoms with E-state index >= 15 is 0 Å². The molecule has 1 heterocycles. The van der Waals surface area contributed by atoms with Crippen LogP contribution in [0.4, 0.5) is 0 Å². The van der Waals surface area contributed by atoms with Gasteiger partial charge < -0.3 is 10.1 Å². The van der Waals surface area contributed by atoms with Crippen LogP contribution < -0.4 is 5.32 Å². The predicted molar refractivity (Wildman–Crippen MR) is 58.3 cm³/mol. The second-order valence-corrected chi connectivity index (χ2v) is 5.01. The van der Waals surface area contributed by atoms with Crippen LogP contribution in [0.1, 0.15) is 39.0 Å². The molecular weight excluding hydrogens is 174 g/mol. The molecule has 2 heteroatoms. The van der Waals surface area contributed by atoms with Gasteiger partial charge in [-0.05, 0) is 31.1 Å². The van der Waals surface area contributed by atoms with Gasteiger partial charge in [-0.15, -0.1) is 0 Å². The molecule has 1 saturated carbocycles. The van der Waals surface area contributed by atoms with Gasteiger partial charge in [-0.3, -0.25) is 0 Å². The van der Waals surface area contributed by atoms with Gasteiger partial charge in [0.1, 0.15) is 0 Å². The van der Waals surface area contributed by atoms with Gasteiger partial charge in [0.2, 0.25) is 0 Å². The lowest BCUT2D eigenvalue weighted by atomic mass is 9.85. The molecule has 14 heavy (non-hydrogen) atoms. The van der Waals surface area contributed by atoms with Gasteiger partial charge >= 0.3 is 0 Å². The highest BCUT2D eigenvalue weighted by molar-refractivity contribution is 4.79. The van der Waals surface area contributed by atoms with Crippen LogP contribution in [0.25, 0.3) is 0 Å². The van der Waals surface area contributed by atoms with Crippen molar-refractivity contribution in [3.63, 3.8) is 0 Å². The smallest absolute Gasteiger partial charge is 0.0507 e. The summed E-state index contributed by atoms with van der Waals surface area (Å²) < 4.78 is 5.38. The number of nitrogens with one attached hydrogen (secondary N) is 1. The third kappa shape index (κ3) is 2.71. The molecule has 1 aliphatic carbocycles. The van der Waals surface area contributed by atoms with Crippen molar-refractivity contribution in [2.24, 2.45) is 11.8 Å². The van der Waals surface area contributed by atoms with Crippen molar-refractivity contribution in [3.05, 3.63) is 0 Å². The lowest BCUT2D eigenvalue weighted by molar-refractivity contribution is 0.182. The first-order valence-corrected chi connectivity index (χ1v) is 6.17. The van der Waals surface area contributed by atoms with Crippen LogP contribution in [0.5, 0.6) is 0 Å². The van der Waals surface area contributed by atoms with Crippen LogP contribution in [0.2, 0.25) is 0 Å². The van der Waals surface area contributed by atoms with E-state index < -0.39 is 0 Å². The van der Waals surface area contributed by atoms with Gasteiger partial charge in [-0.1, -0.05) is 19.8 Å². The van der Waals surface area contributed by atoms with Gasteiger partial charge in [0.25, 0.3) is 0 Å². The van der Waals surface area contributed by atoms with Gasteiger partial charge in [0.15, 0.2) is 0 Å². The van der Waals surface area contributed by atoms with Crippen LogP contribution in [-0.2, 0) is 4.74 Å². The Kier molecular flexibility index (Phi) is 3.82. The molecule has 2 fully saturated rings. The minimum Gasteiger partial charge on any atom is -0.381 e. The maximum absolute atomic E-state index is 5.38. The average Bonchev–Trinajstić information content (AvgIpc) is 2.69. The summed E-state index contributed by atoms with van der Waals surface area (Å²) in [6.45, 7) is 5.53. The van der Waals surface area contributed by atoms with Crippen LogP contribution in [0.15, 0.2) is 0 Å². The number of hydrogen-bond acceptors (Lipinski definition) is 2. The Balaban J connectivity index is 1.67. The predicted octanol–water partition coefficient (Wildman–Crippen LogP) is 2.19. The Morgan fingerprint density at radius 2 is 2.07 bits per heavy atom. The van der Waals surface area contributed by atoms with Gasteiger partial charge in [-0.2, -0.15) is 0 Å². The molecule has 2 nitrogen and oxygen atoms in total.